The Hall–Kier alpha value is -3.45. The van der Waals surface area contributed by atoms with Crippen LogP contribution in [0.5, 0.6) is 0 Å². The van der Waals surface area contributed by atoms with Gasteiger partial charge >= 0.3 is 5.69 Å². The molecule has 1 amide bonds. The first-order chi connectivity index (χ1) is 15.0. The van der Waals surface area contributed by atoms with Crippen LogP contribution in [-0.4, -0.2) is 26.6 Å². The average molecular weight is 439 g/mol. The minimum absolute atomic E-state index is 0.140. The molecule has 4 rings (SSSR count). The summed E-state index contributed by atoms with van der Waals surface area (Å²) in [6.07, 6.45) is 1.86. The zero-order chi connectivity index (χ0) is 21.8. The molecule has 0 fully saturated rings. The molecule has 8 heteroatoms. The van der Waals surface area contributed by atoms with E-state index in [0.29, 0.717) is 29.3 Å². The van der Waals surface area contributed by atoms with Crippen molar-refractivity contribution >= 4 is 28.7 Å². The summed E-state index contributed by atoms with van der Waals surface area (Å²) >= 11 is 5.86. The van der Waals surface area contributed by atoms with E-state index in [1.54, 1.807) is 57.8 Å². The number of carbonyl (C=O) groups is 1. The maximum absolute atomic E-state index is 13.2. The van der Waals surface area contributed by atoms with Crippen LogP contribution in [0.25, 0.3) is 11.2 Å². The van der Waals surface area contributed by atoms with Gasteiger partial charge in [0.15, 0.2) is 5.65 Å². The minimum Gasteiger partial charge on any atom is -0.354 e. The van der Waals surface area contributed by atoms with E-state index in [4.69, 9.17) is 11.6 Å². The van der Waals surface area contributed by atoms with E-state index >= 15 is 0 Å². The average Bonchev–Trinajstić information content (AvgIpc) is 3.03. The number of pyridine rings is 1. The number of rotatable bonds is 7. The predicted octanol–water partition coefficient (Wildman–Crippen LogP) is 3.40. The van der Waals surface area contributed by atoms with Crippen LogP contribution in [0.1, 0.15) is 11.1 Å². The molecular formula is C23H20ClFN4O2. The van der Waals surface area contributed by atoms with Crippen LogP contribution in [0.3, 0.4) is 0 Å². The second kappa shape index (κ2) is 9.14. The van der Waals surface area contributed by atoms with E-state index in [0.717, 1.165) is 11.1 Å². The molecule has 0 radical (unpaired) electrons. The molecule has 0 saturated carbocycles. The van der Waals surface area contributed by atoms with Gasteiger partial charge in [-0.25, -0.2) is 14.2 Å². The molecule has 1 N–H and O–H groups in total. The maximum Gasteiger partial charge on any atom is 0.330 e. The van der Waals surface area contributed by atoms with Gasteiger partial charge < -0.3 is 5.32 Å². The number of carbonyl (C=O) groups excluding carboxylic acids is 1. The van der Waals surface area contributed by atoms with Gasteiger partial charge in [-0.15, -0.1) is 0 Å². The van der Waals surface area contributed by atoms with E-state index < -0.39 is 0 Å². The fourth-order valence-electron chi connectivity index (χ4n) is 3.43. The largest absolute Gasteiger partial charge is 0.354 e. The smallest absolute Gasteiger partial charge is 0.330 e. The summed E-state index contributed by atoms with van der Waals surface area (Å²) in [5, 5.41) is 3.46. The molecule has 6 nitrogen and oxygen atoms in total. The van der Waals surface area contributed by atoms with Crippen molar-refractivity contribution in [3.63, 3.8) is 0 Å². The van der Waals surface area contributed by atoms with Gasteiger partial charge in [-0.3, -0.25) is 13.9 Å². The Balaban J connectivity index is 1.48. The number of imidazole rings is 1. The minimum atomic E-state index is -0.325. The first kappa shape index (κ1) is 20.8. The van der Waals surface area contributed by atoms with Crippen molar-refractivity contribution in [2.75, 3.05) is 6.54 Å². The van der Waals surface area contributed by atoms with Crippen molar-refractivity contribution in [3.8, 4) is 0 Å². The number of fused-ring (bicyclic) bond motifs is 1. The van der Waals surface area contributed by atoms with Gasteiger partial charge in [0.2, 0.25) is 5.91 Å². The fraction of sp³-hybridized carbons (Fsp3) is 0.174. The van der Waals surface area contributed by atoms with Gasteiger partial charge in [0.25, 0.3) is 0 Å². The molecule has 2 aromatic carbocycles. The molecule has 0 aliphatic heterocycles. The third-order valence-electron chi connectivity index (χ3n) is 4.96. The molecule has 0 atom stereocenters. The van der Waals surface area contributed by atoms with E-state index in [9.17, 15) is 14.0 Å². The number of amides is 1. The molecule has 0 bridgehead atoms. The van der Waals surface area contributed by atoms with E-state index in [1.807, 2.05) is 6.07 Å². The Labute approximate surface area is 182 Å². The molecule has 0 aliphatic carbocycles. The highest BCUT2D eigenvalue weighted by atomic mass is 35.5. The molecule has 4 aromatic rings. The zero-order valence-electron chi connectivity index (χ0n) is 16.6. The Morgan fingerprint density at radius 1 is 1.00 bits per heavy atom. The normalized spacial score (nSPS) is 11.0. The first-order valence-electron chi connectivity index (χ1n) is 9.81. The van der Waals surface area contributed by atoms with Crippen LogP contribution < -0.4 is 11.0 Å². The van der Waals surface area contributed by atoms with Crippen molar-refractivity contribution in [1.82, 2.24) is 19.4 Å². The summed E-state index contributed by atoms with van der Waals surface area (Å²) in [6, 6.07) is 16.7. The first-order valence-corrected chi connectivity index (χ1v) is 10.2. The highest BCUT2D eigenvalue weighted by Crippen LogP contribution is 2.13. The number of nitrogens with zero attached hydrogens (tertiary/aromatic N) is 3. The highest BCUT2D eigenvalue weighted by molar-refractivity contribution is 6.30. The predicted molar refractivity (Wildman–Crippen MR) is 118 cm³/mol. The summed E-state index contributed by atoms with van der Waals surface area (Å²) in [5.74, 6) is -0.465. The zero-order valence-corrected chi connectivity index (χ0v) is 17.3. The van der Waals surface area contributed by atoms with Crippen LogP contribution in [0, 0.1) is 5.82 Å². The maximum atomic E-state index is 13.2. The third kappa shape index (κ3) is 4.83. The summed E-state index contributed by atoms with van der Waals surface area (Å²) in [5.41, 5.74) is 2.66. The van der Waals surface area contributed by atoms with Gasteiger partial charge in [-0.05, 0) is 47.5 Å². The van der Waals surface area contributed by atoms with E-state index in [-0.39, 0.29) is 30.4 Å². The Morgan fingerprint density at radius 3 is 2.45 bits per heavy atom. The molecule has 2 aromatic heterocycles. The topological polar surface area (TPSA) is 68.9 Å². The van der Waals surface area contributed by atoms with Gasteiger partial charge in [0, 0.05) is 24.3 Å². The molecule has 0 saturated heterocycles. The molecule has 0 unspecified atom stereocenters. The molecular weight excluding hydrogens is 419 g/mol. The van der Waals surface area contributed by atoms with Crippen LogP contribution >= 0.6 is 11.6 Å². The van der Waals surface area contributed by atoms with Gasteiger partial charge in [-0.1, -0.05) is 35.9 Å². The molecule has 158 valence electrons. The fourth-order valence-corrected chi connectivity index (χ4v) is 3.56. The summed E-state index contributed by atoms with van der Waals surface area (Å²) in [4.78, 5) is 29.6. The number of aromatic nitrogens is 3. The molecule has 2 heterocycles. The number of hydrogen-bond donors (Lipinski definition) is 1. The van der Waals surface area contributed by atoms with Gasteiger partial charge in [0.05, 0.1) is 18.5 Å². The monoisotopic (exact) mass is 438 g/mol. The van der Waals surface area contributed by atoms with Gasteiger partial charge in [-0.2, -0.15) is 0 Å². The van der Waals surface area contributed by atoms with Crippen LogP contribution in [0.15, 0.2) is 71.7 Å². The van der Waals surface area contributed by atoms with Crippen LogP contribution in [0.2, 0.25) is 5.02 Å². The van der Waals surface area contributed by atoms with Crippen molar-refractivity contribution < 1.29 is 9.18 Å². The number of halogens is 2. The lowest BCUT2D eigenvalue weighted by molar-refractivity contribution is -0.120. The molecule has 0 aliphatic rings. The number of benzene rings is 2. The SMILES string of the molecule is O=C(Cc1ccc(Cl)cc1)NCCn1c(=O)n(Cc2ccc(F)cc2)c2cccnc21. The third-order valence-corrected chi connectivity index (χ3v) is 5.22. The Kier molecular flexibility index (Phi) is 6.13. The van der Waals surface area contributed by atoms with Crippen LogP contribution in [-0.2, 0) is 24.3 Å². The summed E-state index contributed by atoms with van der Waals surface area (Å²) in [6.45, 7) is 0.880. The summed E-state index contributed by atoms with van der Waals surface area (Å²) < 4.78 is 16.3. The number of nitrogens with one attached hydrogen (secondary N) is 1. The lowest BCUT2D eigenvalue weighted by atomic mass is 10.1. The quantitative estimate of drug-likeness (QED) is 0.481. The highest BCUT2D eigenvalue weighted by Gasteiger charge is 2.14. The van der Waals surface area contributed by atoms with Crippen LogP contribution in [0.4, 0.5) is 4.39 Å². The lowest BCUT2D eigenvalue weighted by Crippen LogP contribution is -2.32. The lowest BCUT2D eigenvalue weighted by Gasteiger charge is -2.06. The Morgan fingerprint density at radius 2 is 1.71 bits per heavy atom. The van der Waals surface area contributed by atoms with Crippen molar-refractivity contribution in [1.29, 1.82) is 0 Å². The molecule has 31 heavy (non-hydrogen) atoms. The standard InChI is InChI=1S/C23H20ClFN4O2/c24-18-7-3-16(4-8-18)14-21(30)26-12-13-28-22-20(2-1-11-27-22)29(23(28)31)15-17-5-9-19(25)10-6-17/h1-11H,12-15H2,(H,26,30). The second-order valence-corrected chi connectivity index (χ2v) is 7.58. The van der Waals surface area contributed by atoms with Crippen molar-refractivity contribution in [2.24, 2.45) is 0 Å². The number of hydrogen-bond acceptors (Lipinski definition) is 3. The van der Waals surface area contributed by atoms with Crippen molar-refractivity contribution in [2.45, 2.75) is 19.5 Å². The van der Waals surface area contributed by atoms with E-state index in [2.05, 4.69) is 10.3 Å². The molecule has 0 spiro atoms. The Bertz CT molecular complexity index is 1260. The second-order valence-electron chi connectivity index (χ2n) is 7.15. The van der Waals surface area contributed by atoms with E-state index in [1.165, 1.54) is 12.1 Å². The van der Waals surface area contributed by atoms with Crippen molar-refractivity contribution in [3.05, 3.63) is 99.3 Å². The van der Waals surface area contributed by atoms with Gasteiger partial charge in [0.1, 0.15) is 5.82 Å². The summed E-state index contributed by atoms with van der Waals surface area (Å²) in [7, 11) is 0.